The highest BCUT2D eigenvalue weighted by Crippen LogP contribution is 2.28. The van der Waals surface area contributed by atoms with Crippen molar-refractivity contribution in [2.24, 2.45) is 5.73 Å². The van der Waals surface area contributed by atoms with E-state index >= 15 is 0 Å². The molecule has 1 amide bonds. The molecule has 8 heteroatoms. The molecule has 0 saturated heterocycles. The monoisotopic (exact) mass is 423 g/mol. The van der Waals surface area contributed by atoms with Gasteiger partial charge in [-0.1, -0.05) is 43.5 Å². The van der Waals surface area contributed by atoms with Crippen molar-refractivity contribution in [2.75, 3.05) is 10.0 Å². The number of nitrogens with two attached hydrogens (primary N) is 1. The molecule has 1 aliphatic carbocycles. The number of carbonyl (C=O) groups is 1. The van der Waals surface area contributed by atoms with Gasteiger partial charge in [-0.05, 0) is 49.6 Å². The van der Waals surface area contributed by atoms with Gasteiger partial charge in [-0.15, -0.1) is 12.4 Å². The summed E-state index contributed by atoms with van der Waals surface area (Å²) in [6.45, 7) is 1.72. The van der Waals surface area contributed by atoms with Gasteiger partial charge in [-0.3, -0.25) is 9.52 Å². The summed E-state index contributed by atoms with van der Waals surface area (Å²) in [5.41, 5.74) is 6.88. The van der Waals surface area contributed by atoms with Gasteiger partial charge in [0.2, 0.25) is 5.91 Å². The first kappa shape index (κ1) is 22.2. The number of carbonyl (C=O) groups excluding carboxylic acids is 1. The standard InChI is InChI=1S/C20H25N3O3S.ClH/c1-15-10-11-17(22-19(24)20(21)12-6-3-7-13-20)14-18(15)27(25,26)23-16-8-4-2-5-9-16;/h2,4-5,8-11,14,23H,3,6-7,12-13,21H2,1H3,(H,22,24);1H. The van der Waals surface area contributed by atoms with E-state index in [1.54, 1.807) is 43.3 Å². The second-order valence-electron chi connectivity index (χ2n) is 7.12. The number of rotatable bonds is 5. The lowest BCUT2D eigenvalue weighted by atomic mass is 9.82. The van der Waals surface area contributed by atoms with Gasteiger partial charge in [0.1, 0.15) is 0 Å². The minimum Gasteiger partial charge on any atom is -0.324 e. The number of benzene rings is 2. The van der Waals surface area contributed by atoms with Crippen LogP contribution in [0.15, 0.2) is 53.4 Å². The average Bonchev–Trinajstić information content (AvgIpc) is 2.64. The Morgan fingerprint density at radius 3 is 2.29 bits per heavy atom. The summed E-state index contributed by atoms with van der Waals surface area (Å²) in [4.78, 5) is 12.7. The molecule has 1 saturated carbocycles. The summed E-state index contributed by atoms with van der Waals surface area (Å²) in [6, 6.07) is 13.5. The van der Waals surface area contributed by atoms with Gasteiger partial charge >= 0.3 is 0 Å². The highest BCUT2D eigenvalue weighted by molar-refractivity contribution is 7.92. The Hall–Kier alpha value is -2.09. The molecule has 2 aromatic rings. The average molecular weight is 424 g/mol. The van der Waals surface area contributed by atoms with Gasteiger partial charge < -0.3 is 11.1 Å². The van der Waals surface area contributed by atoms with Crippen molar-refractivity contribution in [2.45, 2.75) is 49.5 Å². The van der Waals surface area contributed by atoms with E-state index < -0.39 is 15.6 Å². The Kier molecular flexibility index (Phi) is 7.09. The molecule has 0 bridgehead atoms. The summed E-state index contributed by atoms with van der Waals surface area (Å²) >= 11 is 0. The van der Waals surface area contributed by atoms with Crippen LogP contribution in [0.4, 0.5) is 11.4 Å². The molecule has 6 nitrogen and oxygen atoms in total. The zero-order valence-electron chi connectivity index (χ0n) is 15.8. The zero-order chi connectivity index (χ0) is 19.5. The third-order valence-electron chi connectivity index (χ3n) is 4.96. The van der Waals surface area contributed by atoms with Gasteiger partial charge in [0.05, 0.1) is 10.4 Å². The van der Waals surface area contributed by atoms with Crippen LogP contribution < -0.4 is 15.8 Å². The number of hydrogen-bond acceptors (Lipinski definition) is 4. The zero-order valence-corrected chi connectivity index (χ0v) is 17.4. The number of aryl methyl sites for hydroxylation is 1. The molecule has 1 fully saturated rings. The topological polar surface area (TPSA) is 101 Å². The van der Waals surface area contributed by atoms with Crippen LogP contribution in [0.3, 0.4) is 0 Å². The number of halogens is 1. The maximum absolute atomic E-state index is 12.8. The Morgan fingerprint density at radius 1 is 1.00 bits per heavy atom. The first-order valence-corrected chi connectivity index (χ1v) is 10.6. The quantitative estimate of drug-likeness (QED) is 0.680. The number of para-hydroxylation sites is 1. The summed E-state index contributed by atoms with van der Waals surface area (Å²) in [6.07, 6.45) is 4.23. The lowest BCUT2D eigenvalue weighted by molar-refractivity contribution is -0.122. The molecule has 0 atom stereocenters. The number of anilines is 2. The van der Waals surface area contributed by atoms with E-state index in [4.69, 9.17) is 5.73 Å². The lowest BCUT2D eigenvalue weighted by Crippen LogP contribution is -2.52. The van der Waals surface area contributed by atoms with Crippen molar-refractivity contribution in [1.82, 2.24) is 0 Å². The fourth-order valence-corrected chi connectivity index (χ4v) is 4.68. The van der Waals surface area contributed by atoms with Crippen LogP contribution >= 0.6 is 12.4 Å². The molecule has 152 valence electrons. The first-order chi connectivity index (χ1) is 12.8. The Balaban J connectivity index is 0.00000280. The number of amides is 1. The van der Waals surface area contributed by atoms with Gasteiger partial charge in [-0.2, -0.15) is 0 Å². The molecule has 0 unspecified atom stereocenters. The summed E-state index contributed by atoms with van der Waals surface area (Å²) in [5, 5.41) is 2.80. The van der Waals surface area contributed by atoms with E-state index in [0.29, 0.717) is 29.8 Å². The second kappa shape index (κ2) is 8.94. The van der Waals surface area contributed by atoms with Crippen LogP contribution in [-0.4, -0.2) is 19.9 Å². The summed E-state index contributed by atoms with van der Waals surface area (Å²) in [5.74, 6) is -0.259. The number of sulfonamides is 1. The van der Waals surface area contributed by atoms with Crippen LogP contribution in [0.1, 0.15) is 37.7 Å². The summed E-state index contributed by atoms with van der Waals surface area (Å²) < 4.78 is 28.1. The maximum atomic E-state index is 12.8. The predicted molar refractivity (Wildman–Crippen MR) is 114 cm³/mol. The van der Waals surface area contributed by atoms with Crippen LogP contribution in [0.25, 0.3) is 0 Å². The molecule has 0 spiro atoms. The van der Waals surface area contributed by atoms with Crippen molar-refractivity contribution < 1.29 is 13.2 Å². The molecular weight excluding hydrogens is 398 g/mol. The van der Waals surface area contributed by atoms with Gasteiger partial charge in [0.15, 0.2) is 0 Å². The molecule has 0 aliphatic heterocycles. The summed E-state index contributed by atoms with van der Waals surface area (Å²) in [7, 11) is -3.77. The third kappa shape index (κ3) is 5.04. The molecule has 0 heterocycles. The van der Waals surface area contributed by atoms with E-state index in [0.717, 1.165) is 19.3 Å². The Labute approximate surface area is 172 Å². The minimum atomic E-state index is -3.77. The maximum Gasteiger partial charge on any atom is 0.262 e. The smallest absolute Gasteiger partial charge is 0.262 e. The molecule has 28 heavy (non-hydrogen) atoms. The third-order valence-corrected chi connectivity index (χ3v) is 6.48. The Bertz CT molecular complexity index is 927. The molecule has 4 N–H and O–H groups in total. The largest absolute Gasteiger partial charge is 0.324 e. The number of nitrogens with one attached hydrogen (secondary N) is 2. The molecule has 0 aromatic heterocycles. The van der Waals surface area contributed by atoms with Crippen LogP contribution in [0.5, 0.6) is 0 Å². The molecule has 2 aromatic carbocycles. The van der Waals surface area contributed by atoms with Crippen LogP contribution in [0.2, 0.25) is 0 Å². The number of hydrogen-bond donors (Lipinski definition) is 3. The van der Waals surface area contributed by atoms with Crippen LogP contribution in [-0.2, 0) is 14.8 Å². The highest BCUT2D eigenvalue weighted by atomic mass is 35.5. The molecular formula is C20H26ClN3O3S. The van der Waals surface area contributed by atoms with E-state index in [-0.39, 0.29) is 23.2 Å². The second-order valence-corrected chi connectivity index (χ2v) is 8.77. The van der Waals surface area contributed by atoms with Crippen molar-refractivity contribution in [3.8, 4) is 0 Å². The van der Waals surface area contributed by atoms with Gasteiger partial charge in [0, 0.05) is 11.4 Å². The van der Waals surface area contributed by atoms with Gasteiger partial charge in [-0.25, -0.2) is 8.42 Å². The fourth-order valence-electron chi connectivity index (χ4n) is 3.35. The highest BCUT2D eigenvalue weighted by Gasteiger charge is 2.35. The van der Waals surface area contributed by atoms with Crippen LogP contribution in [0, 0.1) is 6.92 Å². The van der Waals surface area contributed by atoms with E-state index in [9.17, 15) is 13.2 Å². The van der Waals surface area contributed by atoms with Crippen molar-refractivity contribution in [3.63, 3.8) is 0 Å². The lowest BCUT2D eigenvalue weighted by Gasteiger charge is -2.31. The van der Waals surface area contributed by atoms with Crippen molar-refractivity contribution in [1.29, 1.82) is 0 Å². The normalized spacial score (nSPS) is 15.9. The van der Waals surface area contributed by atoms with E-state index in [2.05, 4.69) is 10.0 Å². The SMILES string of the molecule is Cc1ccc(NC(=O)C2(N)CCCCC2)cc1S(=O)(=O)Nc1ccccc1.Cl. The molecule has 0 radical (unpaired) electrons. The minimum absolute atomic E-state index is 0. The van der Waals surface area contributed by atoms with Gasteiger partial charge in [0.25, 0.3) is 10.0 Å². The predicted octanol–water partition coefficient (Wildman–Crippen LogP) is 3.82. The first-order valence-electron chi connectivity index (χ1n) is 9.09. The van der Waals surface area contributed by atoms with E-state index in [1.165, 1.54) is 6.07 Å². The van der Waals surface area contributed by atoms with Crippen molar-refractivity contribution in [3.05, 3.63) is 54.1 Å². The Morgan fingerprint density at radius 2 is 1.64 bits per heavy atom. The fraction of sp³-hybridized carbons (Fsp3) is 0.350. The van der Waals surface area contributed by atoms with Crippen molar-refractivity contribution >= 4 is 39.7 Å². The molecule has 1 aliphatic rings. The molecule has 3 rings (SSSR count). The van der Waals surface area contributed by atoms with E-state index in [1.807, 2.05) is 6.07 Å².